The number of nitrogens with zero attached hydrogens (tertiary/aromatic N) is 2. The molecule has 4 heteroatoms. The van der Waals surface area contributed by atoms with Gasteiger partial charge in [-0.3, -0.25) is 4.79 Å². The molecule has 0 bridgehead atoms. The van der Waals surface area contributed by atoms with Gasteiger partial charge >= 0.3 is 0 Å². The Morgan fingerprint density at radius 1 is 1.55 bits per heavy atom. The monoisotopic (exact) mass is 154 g/mol. The van der Waals surface area contributed by atoms with Crippen LogP contribution in [0.4, 0.5) is 4.39 Å². The van der Waals surface area contributed by atoms with Crippen molar-refractivity contribution < 1.29 is 9.18 Å². The molecule has 2 aliphatic rings. The second-order valence-corrected chi connectivity index (χ2v) is 2.77. The summed E-state index contributed by atoms with van der Waals surface area (Å²) in [5.41, 5.74) is 0.380. The van der Waals surface area contributed by atoms with Gasteiger partial charge in [0.2, 0.25) is 6.17 Å². The molecule has 2 rings (SSSR count). The summed E-state index contributed by atoms with van der Waals surface area (Å²) in [4.78, 5) is 17.7. The quantitative estimate of drug-likeness (QED) is 0.549. The van der Waals surface area contributed by atoms with Crippen LogP contribution in [-0.4, -0.2) is 24.1 Å². The van der Waals surface area contributed by atoms with Gasteiger partial charge < -0.3 is 0 Å². The number of hydrogen-bond acceptors (Lipinski definition) is 2. The summed E-state index contributed by atoms with van der Waals surface area (Å²) in [7, 11) is 0. The molecule has 1 aliphatic carbocycles. The molecule has 1 unspecified atom stereocenters. The number of halogens is 1. The van der Waals surface area contributed by atoms with Crippen LogP contribution in [0.25, 0.3) is 0 Å². The molecule has 3 nitrogen and oxygen atoms in total. The Morgan fingerprint density at radius 3 is 2.91 bits per heavy atom. The van der Waals surface area contributed by atoms with Crippen LogP contribution in [-0.2, 0) is 4.79 Å². The Morgan fingerprint density at radius 2 is 2.27 bits per heavy atom. The van der Waals surface area contributed by atoms with Crippen molar-refractivity contribution >= 4 is 18.0 Å². The van der Waals surface area contributed by atoms with E-state index in [2.05, 4.69) is 9.98 Å². The number of hydrogen-bond donors (Lipinski definition) is 0. The molecule has 0 radical (unpaired) electrons. The SMILES string of the molecule is O=C1N=CN=C(C2CC2)C1F. The first-order chi connectivity index (χ1) is 5.29. The van der Waals surface area contributed by atoms with Crippen molar-refractivity contribution in [3.63, 3.8) is 0 Å². The number of alkyl halides is 1. The third-order valence-corrected chi connectivity index (χ3v) is 1.86. The number of carbonyl (C=O) groups is 1. The van der Waals surface area contributed by atoms with Gasteiger partial charge in [0, 0.05) is 5.92 Å². The molecule has 1 amide bonds. The van der Waals surface area contributed by atoms with Gasteiger partial charge in [-0.2, -0.15) is 4.99 Å². The molecule has 58 valence electrons. The smallest absolute Gasteiger partial charge is 0.269 e. The van der Waals surface area contributed by atoms with E-state index in [-0.39, 0.29) is 5.92 Å². The second-order valence-electron chi connectivity index (χ2n) is 2.77. The largest absolute Gasteiger partial charge is 0.287 e. The number of carbonyl (C=O) groups excluding carboxylic acids is 1. The third-order valence-electron chi connectivity index (χ3n) is 1.86. The predicted molar refractivity (Wildman–Crippen MR) is 38.6 cm³/mol. The van der Waals surface area contributed by atoms with Gasteiger partial charge in [-0.25, -0.2) is 9.38 Å². The summed E-state index contributed by atoms with van der Waals surface area (Å²) in [6.45, 7) is 0. The number of amides is 1. The van der Waals surface area contributed by atoms with E-state index in [9.17, 15) is 9.18 Å². The lowest BCUT2D eigenvalue weighted by molar-refractivity contribution is -0.120. The summed E-state index contributed by atoms with van der Waals surface area (Å²) < 4.78 is 12.9. The molecule has 1 saturated carbocycles. The zero-order chi connectivity index (χ0) is 7.84. The predicted octanol–water partition coefficient (Wildman–Crippen LogP) is 0.744. The normalized spacial score (nSPS) is 30.5. The van der Waals surface area contributed by atoms with E-state index in [4.69, 9.17) is 0 Å². The van der Waals surface area contributed by atoms with E-state index in [1.165, 1.54) is 0 Å². The minimum absolute atomic E-state index is 0.209. The fraction of sp³-hybridized carbons (Fsp3) is 0.571. The van der Waals surface area contributed by atoms with Crippen LogP contribution in [0.2, 0.25) is 0 Å². The molecule has 0 aromatic carbocycles. The molecule has 1 aliphatic heterocycles. The average Bonchev–Trinajstić information content (AvgIpc) is 2.77. The molecule has 0 saturated heterocycles. The van der Waals surface area contributed by atoms with Crippen LogP contribution >= 0.6 is 0 Å². The number of aliphatic imine (C=N–C) groups is 2. The van der Waals surface area contributed by atoms with Gasteiger partial charge in [0.05, 0.1) is 5.71 Å². The Hall–Kier alpha value is -1.06. The minimum Gasteiger partial charge on any atom is -0.269 e. The van der Waals surface area contributed by atoms with Crippen LogP contribution in [0.1, 0.15) is 12.8 Å². The lowest BCUT2D eigenvalue weighted by atomic mass is 10.1. The molecule has 11 heavy (non-hydrogen) atoms. The summed E-state index contributed by atoms with van der Waals surface area (Å²) in [6.07, 6.45) is 1.50. The standard InChI is InChI=1S/C7H7FN2O/c8-5-6(4-1-2-4)9-3-10-7(5)11/h3-5H,1-2H2. The van der Waals surface area contributed by atoms with Crippen LogP contribution < -0.4 is 0 Å². The van der Waals surface area contributed by atoms with Gasteiger partial charge in [-0.05, 0) is 12.8 Å². The van der Waals surface area contributed by atoms with Crippen LogP contribution in [0.15, 0.2) is 9.98 Å². The molecule has 0 N–H and O–H groups in total. The van der Waals surface area contributed by atoms with Gasteiger partial charge in [0.1, 0.15) is 6.34 Å². The molecule has 0 spiro atoms. The lowest BCUT2D eigenvalue weighted by Crippen LogP contribution is -2.28. The Labute approximate surface area is 63.0 Å². The zero-order valence-corrected chi connectivity index (χ0v) is 5.83. The third kappa shape index (κ3) is 1.08. The van der Waals surface area contributed by atoms with Crippen molar-refractivity contribution in [2.24, 2.45) is 15.9 Å². The van der Waals surface area contributed by atoms with Crippen LogP contribution in [0.5, 0.6) is 0 Å². The Bertz CT molecular complexity index is 255. The summed E-state index contributed by atoms with van der Waals surface area (Å²) in [5, 5.41) is 0. The first kappa shape index (κ1) is 6.64. The van der Waals surface area contributed by atoms with Crippen LogP contribution in [0, 0.1) is 5.92 Å². The number of rotatable bonds is 1. The highest BCUT2D eigenvalue weighted by atomic mass is 19.1. The van der Waals surface area contributed by atoms with E-state index in [1.807, 2.05) is 0 Å². The maximum atomic E-state index is 12.9. The van der Waals surface area contributed by atoms with Crippen molar-refractivity contribution in [2.45, 2.75) is 19.0 Å². The summed E-state index contributed by atoms with van der Waals surface area (Å²) in [6, 6.07) is 0. The van der Waals surface area contributed by atoms with Crippen molar-refractivity contribution in [2.75, 3.05) is 0 Å². The Balaban J connectivity index is 2.22. The van der Waals surface area contributed by atoms with Gasteiger partial charge in [-0.15, -0.1) is 0 Å². The van der Waals surface area contributed by atoms with Crippen molar-refractivity contribution in [3.8, 4) is 0 Å². The Kier molecular flexibility index (Phi) is 1.34. The van der Waals surface area contributed by atoms with E-state index in [1.54, 1.807) is 0 Å². The fourth-order valence-electron chi connectivity index (χ4n) is 1.10. The topological polar surface area (TPSA) is 41.8 Å². The molecule has 0 aromatic heterocycles. The van der Waals surface area contributed by atoms with E-state index in [0.717, 1.165) is 19.2 Å². The molecular weight excluding hydrogens is 147 g/mol. The molecule has 0 aromatic rings. The zero-order valence-electron chi connectivity index (χ0n) is 5.83. The van der Waals surface area contributed by atoms with Crippen molar-refractivity contribution in [1.29, 1.82) is 0 Å². The van der Waals surface area contributed by atoms with Crippen molar-refractivity contribution in [3.05, 3.63) is 0 Å². The molecule has 1 heterocycles. The van der Waals surface area contributed by atoms with Gasteiger partial charge in [0.15, 0.2) is 0 Å². The molecule has 1 atom stereocenters. The highest BCUT2D eigenvalue weighted by Crippen LogP contribution is 2.33. The highest BCUT2D eigenvalue weighted by molar-refractivity contribution is 6.15. The summed E-state index contributed by atoms with van der Waals surface area (Å²) >= 11 is 0. The molecule has 1 fully saturated rings. The van der Waals surface area contributed by atoms with Gasteiger partial charge in [-0.1, -0.05) is 0 Å². The van der Waals surface area contributed by atoms with Crippen molar-refractivity contribution in [1.82, 2.24) is 0 Å². The van der Waals surface area contributed by atoms with E-state index in [0.29, 0.717) is 5.71 Å². The summed E-state index contributed by atoms with van der Waals surface area (Å²) in [5.74, 6) is -0.498. The fourth-order valence-corrected chi connectivity index (χ4v) is 1.10. The first-order valence-corrected chi connectivity index (χ1v) is 3.57. The average molecular weight is 154 g/mol. The van der Waals surface area contributed by atoms with E-state index >= 15 is 0 Å². The first-order valence-electron chi connectivity index (χ1n) is 3.57. The highest BCUT2D eigenvalue weighted by Gasteiger charge is 2.37. The molecular formula is C7H7FN2O. The van der Waals surface area contributed by atoms with Crippen LogP contribution in [0.3, 0.4) is 0 Å². The minimum atomic E-state index is -1.56. The maximum Gasteiger partial charge on any atom is 0.287 e. The second kappa shape index (κ2) is 2.22. The van der Waals surface area contributed by atoms with Gasteiger partial charge in [0.25, 0.3) is 5.91 Å². The lowest BCUT2D eigenvalue weighted by Gasteiger charge is -2.08. The van der Waals surface area contributed by atoms with E-state index < -0.39 is 12.1 Å². The maximum absolute atomic E-state index is 12.9.